The standard InChI is InChI=1S/C27H27N3O3/c1-20(33-19-21-10-9-15-25(16-21)32-2)27(31)28-17-23-18-30(24-13-7-4-8-14-24)29-26(23)22-11-5-3-6-12-22/h3-16,18,20H,17,19H2,1-2H3,(H,28,31). The van der Waals surface area contributed by atoms with E-state index in [-0.39, 0.29) is 5.91 Å². The summed E-state index contributed by atoms with van der Waals surface area (Å²) in [6.45, 7) is 2.43. The van der Waals surface area contributed by atoms with Crippen molar-refractivity contribution in [2.24, 2.45) is 0 Å². The van der Waals surface area contributed by atoms with Gasteiger partial charge in [-0.2, -0.15) is 5.10 Å². The number of carbonyl (C=O) groups is 1. The molecule has 1 heterocycles. The van der Waals surface area contributed by atoms with Crippen molar-refractivity contribution in [3.05, 3.63) is 102 Å². The highest BCUT2D eigenvalue weighted by Gasteiger charge is 2.17. The zero-order chi connectivity index (χ0) is 23.0. The summed E-state index contributed by atoms with van der Waals surface area (Å²) in [4.78, 5) is 12.7. The van der Waals surface area contributed by atoms with Crippen molar-refractivity contribution in [3.63, 3.8) is 0 Å². The molecule has 0 bridgehead atoms. The number of rotatable bonds is 9. The fourth-order valence-corrected chi connectivity index (χ4v) is 3.48. The van der Waals surface area contributed by atoms with Crippen molar-refractivity contribution in [2.45, 2.75) is 26.2 Å². The van der Waals surface area contributed by atoms with Gasteiger partial charge in [0.25, 0.3) is 0 Å². The molecule has 1 N–H and O–H groups in total. The summed E-state index contributed by atoms with van der Waals surface area (Å²) in [6, 6.07) is 27.5. The molecule has 0 spiro atoms. The van der Waals surface area contributed by atoms with E-state index < -0.39 is 6.10 Å². The van der Waals surface area contributed by atoms with E-state index in [2.05, 4.69) is 5.32 Å². The van der Waals surface area contributed by atoms with Gasteiger partial charge in [0.2, 0.25) is 5.91 Å². The van der Waals surface area contributed by atoms with Gasteiger partial charge in [0.1, 0.15) is 11.9 Å². The Morgan fingerprint density at radius 2 is 1.73 bits per heavy atom. The van der Waals surface area contributed by atoms with Crippen LogP contribution in [-0.2, 0) is 22.7 Å². The van der Waals surface area contributed by atoms with E-state index in [4.69, 9.17) is 14.6 Å². The highest BCUT2D eigenvalue weighted by molar-refractivity contribution is 5.80. The molecule has 3 aromatic carbocycles. The van der Waals surface area contributed by atoms with Crippen LogP contribution < -0.4 is 10.1 Å². The molecule has 0 saturated carbocycles. The minimum atomic E-state index is -0.597. The molecule has 4 aromatic rings. The summed E-state index contributed by atoms with van der Waals surface area (Å²) in [7, 11) is 1.62. The molecule has 1 amide bonds. The molecule has 0 aliphatic heterocycles. The SMILES string of the molecule is COc1cccc(COC(C)C(=O)NCc2cn(-c3ccccc3)nc2-c2ccccc2)c1. The molecule has 1 atom stereocenters. The summed E-state index contributed by atoms with van der Waals surface area (Å²) in [6.07, 6.45) is 1.36. The van der Waals surface area contributed by atoms with Crippen molar-refractivity contribution >= 4 is 5.91 Å². The van der Waals surface area contributed by atoms with Crippen LogP contribution in [0.25, 0.3) is 16.9 Å². The Balaban J connectivity index is 1.44. The molecular weight excluding hydrogens is 414 g/mol. The van der Waals surface area contributed by atoms with Crippen molar-refractivity contribution in [1.82, 2.24) is 15.1 Å². The normalized spacial score (nSPS) is 11.7. The van der Waals surface area contributed by atoms with Crippen LogP contribution in [0.5, 0.6) is 5.75 Å². The third kappa shape index (κ3) is 5.67. The minimum Gasteiger partial charge on any atom is -0.497 e. The topological polar surface area (TPSA) is 65.4 Å². The molecule has 6 heteroatoms. The number of nitrogens with zero attached hydrogens (tertiary/aromatic N) is 2. The number of hydrogen-bond donors (Lipinski definition) is 1. The van der Waals surface area contributed by atoms with Gasteiger partial charge in [0.05, 0.1) is 25.1 Å². The first kappa shape index (κ1) is 22.3. The van der Waals surface area contributed by atoms with Gasteiger partial charge in [-0.1, -0.05) is 60.7 Å². The fraction of sp³-hybridized carbons (Fsp3) is 0.185. The van der Waals surface area contributed by atoms with E-state index in [1.807, 2.05) is 95.8 Å². The van der Waals surface area contributed by atoms with Crippen LogP contribution in [0.2, 0.25) is 0 Å². The number of methoxy groups -OCH3 is 1. The lowest BCUT2D eigenvalue weighted by molar-refractivity contribution is -0.132. The van der Waals surface area contributed by atoms with E-state index >= 15 is 0 Å². The second-order valence-corrected chi connectivity index (χ2v) is 7.67. The highest BCUT2D eigenvalue weighted by atomic mass is 16.5. The van der Waals surface area contributed by atoms with Crippen molar-refractivity contribution in [2.75, 3.05) is 7.11 Å². The van der Waals surface area contributed by atoms with Gasteiger partial charge < -0.3 is 14.8 Å². The number of para-hydroxylation sites is 1. The first-order valence-corrected chi connectivity index (χ1v) is 10.9. The Morgan fingerprint density at radius 1 is 1.00 bits per heavy atom. The maximum Gasteiger partial charge on any atom is 0.249 e. The Kier molecular flexibility index (Phi) is 7.17. The number of nitrogens with one attached hydrogen (secondary N) is 1. The minimum absolute atomic E-state index is 0.177. The fourth-order valence-electron chi connectivity index (χ4n) is 3.48. The molecule has 0 fully saturated rings. The predicted octanol–water partition coefficient (Wildman–Crippen LogP) is 4.77. The molecule has 6 nitrogen and oxygen atoms in total. The summed E-state index contributed by atoms with van der Waals surface area (Å²) in [5, 5.41) is 7.78. The highest BCUT2D eigenvalue weighted by Crippen LogP contribution is 2.23. The monoisotopic (exact) mass is 441 g/mol. The molecule has 168 valence electrons. The summed E-state index contributed by atoms with van der Waals surface area (Å²) >= 11 is 0. The van der Waals surface area contributed by atoms with Crippen LogP contribution in [0.15, 0.2) is 91.1 Å². The van der Waals surface area contributed by atoms with E-state index in [1.54, 1.807) is 14.0 Å². The number of ether oxygens (including phenoxy) is 2. The zero-order valence-corrected chi connectivity index (χ0v) is 18.8. The molecule has 33 heavy (non-hydrogen) atoms. The smallest absolute Gasteiger partial charge is 0.249 e. The summed E-state index contributed by atoms with van der Waals surface area (Å²) < 4.78 is 12.9. The van der Waals surface area contributed by atoms with E-state index in [1.165, 1.54) is 0 Å². The molecule has 1 unspecified atom stereocenters. The zero-order valence-electron chi connectivity index (χ0n) is 18.8. The number of aromatic nitrogens is 2. The third-order valence-corrected chi connectivity index (χ3v) is 5.31. The van der Waals surface area contributed by atoms with E-state index in [9.17, 15) is 4.79 Å². The van der Waals surface area contributed by atoms with Crippen LogP contribution in [0.4, 0.5) is 0 Å². The molecule has 0 aliphatic carbocycles. The lowest BCUT2D eigenvalue weighted by atomic mass is 10.1. The number of carbonyl (C=O) groups excluding carboxylic acids is 1. The Morgan fingerprint density at radius 3 is 2.45 bits per heavy atom. The molecule has 1 aromatic heterocycles. The lowest BCUT2D eigenvalue weighted by Gasteiger charge is -2.14. The van der Waals surface area contributed by atoms with Crippen LogP contribution >= 0.6 is 0 Å². The number of amides is 1. The Hall–Kier alpha value is -3.90. The van der Waals surface area contributed by atoms with Crippen molar-refractivity contribution in [1.29, 1.82) is 0 Å². The quantitative estimate of drug-likeness (QED) is 0.406. The van der Waals surface area contributed by atoms with Gasteiger partial charge >= 0.3 is 0 Å². The van der Waals surface area contributed by atoms with Crippen molar-refractivity contribution in [3.8, 4) is 22.7 Å². The first-order chi connectivity index (χ1) is 16.1. The van der Waals surface area contributed by atoms with Crippen molar-refractivity contribution < 1.29 is 14.3 Å². The van der Waals surface area contributed by atoms with E-state index in [0.29, 0.717) is 13.2 Å². The van der Waals surface area contributed by atoms with Crippen LogP contribution in [0.3, 0.4) is 0 Å². The first-order valence-electron chi connectivity index (χ1n) is 10.9. The van der Waals surface area contributed by atoms with Gasteiger partial charge in [0, 0.05) is 23.9 Å². The lowest BCUT2D eigenvalue weighted by Crippen LogP contribution is -2.34. The molecule has 0 aliphatic rings. The van der Waals surface area contributed by atoms with Gasteiger partial charge in [-0.15, -0.1) is 0 Å². The maximum absolute atomic E-state index is 12.7. The third-order valence-electron chi connectivity index (χ3n) is 5.31. The molecule has 0 saturated heterocycles. The summed E-state index contributed by atoms with van der Waals surface area (Å²) in [5.41, 5.74) is 4.67. The second-order valence-electron chi connectivity index (χ2n) is 7.67. The number of benzene rings is 3. The average Bonchev–Trinajstić information content (AvgIpc) is 3.31. The van der Waals surface area contributed by atoms with E-state index in [0.717, 1.165) is 33.8 Å². The molecule has 0 radical (unpaired) electrons. The second kappa shape index (κ2) is 10.6. The predicted molar refractivity (Wildman–Crippen MR) is 128 cm³/mol. The Bertz CT molecular complexity index is 1190. The van der Waals surface area contributed by atoms with Gasteiger partial charge in [-0.05, 0) is 36.8 Å². The Labute approximate surface area is 193 Å². The summed E-state index contributed by atoms with van der Waals surface area (Å²) in [5.74, 6) is 0.585. The van der Waals surface area contributed by atoms with Gasteiger partial charge in [-0.25, -0.2) is 4.68 Å². The van der Waals surface area contributed by atoms with Gasteiger partial charge in [0.15, 0.2) is 0 Å². The molecule has 4 rings (SSSR count). The number of hydrogen-bond acceptors (Lipinski definition) is 4. The van der Waals surface area contributed by atoms with Crippen LogP contribution in [-0.4, -0.2) is 28.9 Å². The van der Waals surface area contributed by atoms with Gasteiger partial charge in [-0.3, -0.25) is 4.79 Å². The van der Waals surface area contributed by atoms with Crippen LogP contribution in [0.1, 0.15) is 18.1 Å². The largest absolute Gasteiger partial charge is 0.497 e. The maximum atomic E-state index is 12.7. The van der Waals surface area contributed by atoms with Crippen LogP contribution in [0, 0.1) is 0 Å². The average molecular weight is 442 g/mol. The molecular formula is C27H27N3O3.